The highest BCUT2D eigenvalue weighted by Gasteiger charge is 2.33. The van der Waals surface area contributed by atoms with Crippen LogP contribution in [0.25, 0.3) is 11.0 Å². The quantitative estimate of drug-likeness (QED) is 0.776. The Bertz CT molecular complexity index is 573. The molecule has 0 saturated carbocycles. The lowest BCUT2D eigenvalue weighted by atomic mass is 10.2. The number of benzene rings is 1. The molecule has 8 heteroatoms. The van der Waals surface area contributed by atoms with Gasteiger partial charge in [0.25, 0.3) is 0 Å². The molecule has 2 rings (SSSR count). The van der Waals surface area contributed by atoms with Crippen LogP contribution in [0.3, 0.4) is 0 Å². The molecule has 0 unspecified atom stereocenters. The van der Waals surface area contributed by atoms with Crippen LogP contribution in [0.2, 0.25) is 5.02 Å². The second-order valence-corrected chi connectivity index (χ2v) is 3.59. The molecule has 0 saturated heterocycles. The number of nitrogens with zero attached hydrogens (tertiary/aromatic N) is 2. The molecule has 4 nitrogen and oxygen atoms in total. The minimum absolute atomic E-state index is 0.0132. The SMILES string of the molecule is ONc1cnc2cc(Cl)c(C(F)(F)F)cc2n1. The lowest BCUT2D eigenvalue weighted by molar-refractivity contribution is -0.137. The highest BCUT2D eigenvalue weighted by molar-refractivity contribution is 6.32. The normalized spacial score (nSPS) is 11.8. The first-order chi connectivity index (χ1) is 7.91. The number of fused-ring (bicyclic) bond motifs is 1. The Balaban J connectivity index is 2.69. The highest BCUT2D eigenvalue weighted by atomic mass is 35.5. The summed E-state index contributed by atoms with van der Waals surface area (Å²) in [4.78, 5) is 7.53. The van der Waals surface area contributed by atoms with Crippen molar-refractivity contribution in [3.05, 3.63) is 28.9 Å². The second-order valence-electron chi connectivity index (χ2n) is 3.19. The van der Waals surface area contributed by atoms with Crippen molar-refractivity contribution in [2.75, 3.05) is 5.48 Å². The maximum atomic E-state index is 12.6. The van der Waals surface area contributed by atoms with Crippen LogP contribution < -0.4 is 5.48 Å². The maximum absolute atomic E-state index is 12.6. The van der Waals surface area contributed by atoms with E-state index in [-0.39, 0.29) is 16.9 Å². The molecule has 0 amide bonds. The number of hydrogen-bond donors (Lipinski definition) is 2. The molecule has 1 aromatic heterocycles. The van der Waals surface area contributed by atoms with Crippen molar-refractivity contribution >= 4 is 28.5 Å². The molecular formula is C9H5ClF3N3O. The first kappa shape index (κ1) is 11.9. The molecule has 0 aliphatic rings. The second kappa shape index (κ2) is 4.01. The lowest BCUT2D eigenvalue weighted by Gasteiger charge is -2.09. The average Bonchev–Trinajstić information content (AvgIpc) is 2.26. The summed E-state index contributed by atoms with van der Waals surface area (Å²) in [5.74, 6) is -0.0482. The topological polar surface area (TPSA) is 58.0 Å². The molecular weight excluding hydrogens is 259 g/mol. The molecule has 0 radical (unpaired) electrons. The number of anilines is 1. The third kappa shape index (κ3) is 2.25. The van der Waals surface area contributed by atoms with E-state index in [1.165, 1.54) is 6.20 Å². The molecule has 2 aromatic rings. The molecule has 0 atom stereocenters. The number of nitrogens with one attached hydrogen (secondary N) is 1. The van der Waals surface area contributed by atoms with Gasteiger partial charge in [0.1, 0.15) is 0 Å². The van der Waals surface area contributed by atoms with E-state index in [1.807, 2.05) is 0 Å². The van der Waals surface area contributed by atoms with Gasteiger partial charge in [-0.15, -0.1) is 0 Å². The minimum atomic E-state index is -4.56. The van der Waals surface area contributed by atoms with Gasteiger partial charge >= 0.3 is 6.18 Å². The van der Waals surface area contributed by atoms with Crippen molar-refractivity contribution in [2.45, 2.75) is 6.18 Å². The molecule has 0 bridgehead atoms. The van der Waals surface area contributed by atoms with Crippen LogP contribution in [0, 0.1) is 0 Å². The maximum Gasteiger partial charge on any atom is 0.417 e. The molecule has 17 heavy (non-hydrogen) atoms. The summed E-state index contributed by atoms with van der Waals surface area (Å²) in [5.41, 5.74) is 0.911. The summed E-state index contributed by atoms with van der Waals surface area (Å²) < 4.78 is 37.7. The fourth-order valence-corrected chi connectivity index (χ4v) is 1.57. The fourth-order valence-electron chi connectivity index (χ4n) is 1.30. The zero-order valence-corrected chi connectivity index (χ0v) is 8.84. The van der Waals surface area contributed by atoms with Crippen LogP contribution in [0.5, 0.6) is 0 Å². The number of halogens is 4. The minimum Gasteiger partial charge on any atom is -0.290 e. The first-order valence-electron chi connectivity index (χ1n) is 4.35. The van der Waals surface area contributed by atoms with E-state index >= 15 is 0 Å². The summed E-state index contributed by atoms with van der Waals surface area (Å²) in [6.07, 6.45) is -3.39. The van der Waals surface area contributed by atoms with Gasteiger partial charge < -0.3 is 0 Å². The van der Waals surface area contributed by atoms with Crippen LogP contribution in [0.1, 0.15) is 5.56 Å². The average molecular weight is 264 g/mol. The van der Waals surface area contributed by atoms with Crippen LogP contribution >= 0.6 is 11.6 Å². The summed E-state index contributed by atoms with van der Waals surface area (Å²) in [7, 11) is 0. The van der Waals surface area contributed by atoms with Crippen molar-refractivity contribution in [1.82, 2.24) is 9.97 Å². The Morgan fingerprint density at radius 1 is 1.24 bits per heavy atom. The summed E-state index contributed by atoms with van der Waals surface area (Å²) >= 11 is 5.51. The van der Waals surface area contributed by atoms with Crippen LogP contribution in [-0.4, -0.2) is 15.2 Å². The van der Waals surface area contributed by atoms with Gasteiger partial charge in [-0.1, -0.05) is 11.6 Å². The largest absolute Gasteiger partial charge is 0.417 e. The fraction of sp³-hybridized carbons (Fsp3) is 0.111. The van der Waals surface area contributed by atoms with Crippen molar-refractivity contribution in [3.63, 3.8) is 0 Å². The summed E-state index contributed by atoms with van der Waals surface area (Å²) in [5, 5.41) is 8.14. The standard InChI is InChI=1S/C9H5ClF3N3O/c10-5-2-6-7(1-4(5)9(11,12)13)15-8(16-17)3-14-6/h1-3,17H,(H,15,16). The molecule has 0 fully saturated rings. The van der Waals surface area contributed by atoms with Crippen LogP contribution in [-0.2, 0) is 6.18 Å². The third-order valence-electron chi connectivity index (χ3n) is 2.05. The van der Waals surface area contributed by atoms with Crippen LogP contribution in [0.15, 0.2) is 18.3 Å². The van der Waals surface area contributed by atoms with E-state index in [0.29, 0.717) is 0 Å². The van der Waals surface area contributed by atoms with Crippen LogP contribution in [0.4, 0.5) is 19.0 Å². The van der Waals surface area contributed by atoms with Crippen molar-refractivity contribution in [2.24, 2.45) is 0 Å². The molecule has 0 aliphatic carbocycles. The van der Waals surface area contributed by atoms with Crippen molar-refractivity contribution < 1.29 is 18.4 Å². The van der Waals surface area contributed by atoms with Gasteiger partial charge in [0, 0.05) is 0 Å². The molecule has 0 aliphatic heterocycles. The molecule has 1 heterocycles. The lowest BCUT2D eigenvalue weighted by Crippen LogP contribution is -2.06. The Kier molecular flexibility index (Phi) is 2.80. The van der Waals surface area contributed by atoms with Gasteiger partial charge in [-0.2, -0.15) is 13.2 Å². The Morgan fingerprint density at radius 3 is 2.53 bits per heavy atom. The van der Waals surface area contributed by atoms with E-state index < -0.39 is 16.8 Å². The van der Waals surface area contributed by atoms with E-state index in [9.17, 15) is 13.2 Å². The highest BCUT2D eigenvalue weighted by Crippen LogP contribution is 2.36. The first-order valence-corrected chi connectivity index (χ1v) is 4.73. The van der Waals surface area contributed by atoms with E-state index in [2.05, 4.69) is 9.97 Å². The molecule has 2 N–H and O–H groups in total. The zero-order chi connectivity index (χ0) is 12.6. The third-order valence-corrected chi connectivity index (χ3v) is 2.36. The predicted octanol–water partition coefficient (Wildman–Crippen LogP) is 3.10. The van der Waals surface area contributed by atoms with Gasteiger partial charge in [0.15, 0.2) is 5.82 Å². The van der Waals surface area contributed by atoms with Gasteiger partial charge in [0.2, 0.25) is 0 Å². The van der Waals surface area contributed by atoms with E-state index in [1.54, 1.807) is 5.48 Å². The van der Waals surface area contributed by atoms with E-state index in [4.69, 9.17) is 16.8 Å². The monoisotopic (exact) mass is 263 g/mol. The Morgan fingerprint density at radius 2 is 1.94 bits per heavy atom. The molecule has 90 valence electrons. The number of rotatable bonds is 1. The summed E-state index contributed by atoms with van der Waals surface area (Å²) in [6.45, 7) is 0. The van der Waals surface area contributed by atoms with Crippen molar-refractivity contribution in [3.8, 4) is 0 Å². The Labute approximate surface area is 98.0 Å². The molecule has 0 spiro atoms. The molecule has 1 aromatic carbocycles. The van der Waals surface area contributed by atoms with Gasteiger partial charge in [-0.05, 0) is 12.1 Å². The number of aromatic nitrogens is 2. The Hall–Kier alpha value is -1.60. The smallest absolute Gasteiger partial charge is 0.290 e. The van der Waals surface area contributed by atoms with Gasteiger partial charge in [0.05, 0.1) is 27.8 Å². The zero-order valence-electron chi connectivity index (χ0n) is 8.09. The van der Waals surface area contributed by atoms with E-state index in [0.717, 1.165) is 12.1 Å². The predicted molar refractivity (Wildman–Crippen MR) is 55.0 cm³/mol. The number of hydrogen-bond acceptors (Lipinski definition) is 4. The van der Waals surface area contributed by atoms with Gasteiger partial charge in [-0.3, -0.25) is 15.7 Å². The number of alkyl halides is 3. The summed E-state index contributed by atoms with van der Waals surface area (Å²) in [6, 6.07) is 1.86. The van der Waals surface area contributed by atoms with Gasteiger partial charge in [-0.25, -0.2) is 4.98 Å². The van der Waals surface area contributed by atoms with Crippen molar-refractivity contribution in [1.29, 1.82) is 0 Å².